The first-order chi connectivity index (χ1) is 20.8. The number of aryl methyl sites for hydroxylation is 2. The van der Waals surface area contributed by atoms with E-state index in [1.807, 2.05) is 27.7 Å². The summed E-state index contributed by atoms with van der Waals surface area (Å²) in [5.41, 5.74) is 2.85. The van der Waals surface area contributed by atoms with E-state index < -0.39 is 11.5 Å². The maximum absolute atomic E-state index is 12.0. The fourth-order valence-corrected chi connectivity index (χ4v) is 6.29. The lowest BCUT2D eigenvalue weighted by Crippen LogP contribution is -2.01. The van der Waals surface area contributed by atoms with Crippen molar-refractivity contribution in [1.82, 2.24) is 0 Å². The average Bonchev–Trinajstić information content (AvgIpc) is 2.94. The number of phenols is 6. The first-order valence-corrected chi connectivity index (χ1v) is 16.0. The van der Waals surface area contributed by atoms with Crippen molar-refractivity contribution in [2.75, 3.05) is 11.8 Å². The zero-order valence-corrected chi connectivity index (χ0v) is 27.1. The lowest BCUT2D eigenvalue weighted by Gasteiger charge is -2.23. The lowest BCUT2D eigenvalue weighted by atomic mass is 9.83. The SMILES string of the molecule is Cc1cc2c(C(C)C)c(O)c(O)c(/C=N\CSN)c2c(O)c1-c1c(C)cc2c(C(C)C)c(O)c(O)c(/C=N/CSN)c2c1O. The normalized spacial score (nSPS) is 12.3. The molecule has 0 saturated carbocycles. The zero-order valence-electron chi connectivity index (χ0n) is 25.4. The summed E-state index contributed by atoms with van der Waals surface area (Å²) in [6, 6.07) is 3.59. The number of rotatable bonds is 9. The Hall–Kier alpha value is -3.84. The molecule has 4 aromatic carbocycles. The monoisotopic (exact) mass is 638 g/mol. The van der Waals surface area contributed by atoms with Gasteiger partial charge < -0.3 is 30.6 Å². The van der Waals surface area contributed by atoms with Gasteiger partial charge in [0.25, 0.3) is 0 Å². The molecule has 0 unspecified atom stereocenters. The molecule has 10 N–H and O–H groups in total. The summed E-state index contributed by atoms with van der Waals surface area (Å²) in [4.78, 5) is 8.45. The van der Waals surface area contributed by atoms with E-state index in [0.717, 1.165) is 23.9 Å². The number of benzene rings is 4. The van der Waals surface area contributed by atoms with Crippen LogP contribution in [0.25, 0.3) is 32.7 Å². The number of hydrogen-bond donors (Lipinski definition) is 8. The highest BCUT2D eigenvalue weighted by atomic mass is 32.2. The first kappa shape index (κ1) is 33.1. The molecular formula is C32H38N4O6S2. The average molecular weight is 639 g/mol. The molecule has 0 fully saturated rings. The van der Waals surface area contributed by atoms with Gasteiger partial charge in [0.15, 0.2) is 23.0 Å². The van der Waals surface area contributed by atoms with Crippen molar-refractivity contribution < 1.29 is 30.6 Å². The van der Waals surface area contributed by atoms with Gasteiger partial charge in [0.1, 0.15) is 11.5 Å². The summed E-state index contributed by atoms with van der Waals surface area (Å²) in [7, 11) is 0. The molecule has 0 spiro atoms. The Morgan fingerprint density at radius 3 is 1.25 bits per heavy atom. The number of aliphatic imine (C=N–C) groups is 2. The van der Waals surface area contributed by atoms with Crippen molar-refractivity contribution in [2.45, 2.75) is 53.4 Å². The van der Waals surface area contributed by atoms with Gasteiger partial charge in [-0.1, -0.05) is 63.7 Å². The number of hydrogen-bond acceptors (Lipinski definition) is 12. The molecule has 0 atom stereocenters. The Kier molecular flexibility index (Phi) is 9.79. The van der Waals surface area contributed by atoms with Crippen LogP contribution in [-0.2, 0) is 0 Å². The molecule has 0 aromatic heterocycles. The van der Waals surface area contributed by atoms with Crippen molar-refractivity contribution in [3.63, 3.8) is 0 Å². The number of nitrogens with two attached hydrogens (primary N) is 2. The molecule has 0 aliphatic rings. The predicted octanol–water partition coefficient (Wildman–Crippen LogP) is 6.72. The predicted molar refractivity (Wildman–Crippen MR) is 183 cm³/mol. The fourth-order valence-electron chi connectivity index (χ4n) is 5.97. The Labute approximate surface area is 264 Å². The zero-order chi connectivity index (χ0) is 32.6. The standard InChI is InChI=1S/C32H38N4O6S2/c1-13(2)21-17-7-15(5)23(29(39)25(17)19(9-35-11-43-33)27(37)31(21)41)24-16(6)8-18-22(14(3)4)32(42)28(38)20(10-36-12-44-34)26(18)30(24)40/h7-10,13-14,37-42H,11-12,33-34H2,1-6H3/b35-9-,36-10+. The van der Waals surface area contributed by atoms with Crippen molar-refractivity contribution in [3.05, 3.63) is 45.5 Å². The highest BCUT2D eigenvalue weighted by molar-refractivity contribution is 7.97. The summed E-state index contributed by atoms with van der Waals surface area (Å²) in [6.07, 6.45) is 2.71. The molecule has 0 heterocycles. The van der Waals surface area contributed by atoms with E-state index in [1.54, 1.807) is 26.0 Å². The van der Waals surface area contributed by atoms with E-state index in [2.05, 4.69) is 9.98 Å². The van der Waals surface area contributed by atoms with Gasteiger partial charge in [-0.15, -0.1) is 0 Å². The van der Waals surface area contributed by atoms with Crippen LogP contribution < -0.4 is 10.3 Å². The topological polar surface area (TPSA) is 198 Å². The minimum Gasteiger partial charge on any atom is -0.507 e. The van der Waals surface area contributed by atoms with E-state index in [1.165, 1.54) is 12.4 Å². The Morgan fingerprint density at radius 1 is 0.614 bits per heavy atom. The highest BCUT2D eigenvalue weighted by Crippen LogP contribution is 2.54. The van der Waals surface area contributed by atoms with E-state index in [-0.39, 0.29) is 79.6 Å². The van der Waals surface area contributed by atoms with Gasteiger partial charge in [-0.25, -0.2) is 0 Å². The van der Waals surface area contributed by atoms with Crippen LogP contribution in [0.15, 0.2) is 22.1 Å². The van der Waals surface area contributed by atoms with E-state index >= 15 is 0 Å². The second-order valence-electron chi connectivity index (χ2n) is 11.3. The highest BCUT2D eigenvalue weighted by Gasteiger charge is 2.29. The molecule has 0 radical (unpaired) electrons. The van der Waals surface area contributed by atoms with Crippen molar-refractivity contribution in [3.8, 4) is 45.6 Å². The smallest absolute Gasteiger partial charge is 0.167 e. The van der Waals surface area contributed by atoms with Gasteiger partial charge in [0, 0.05) is 56.6 Å². The molecule has 0 aliphatic carbocycles. The molecule has 44 heavy (non-hydrogen) atoms. The molecule has 0 saturated heterocycles. The van der Waals surface area contributed by atoms with Gasteiger partial charge in [-0.05, 0) is 47.6 Å². The summed E-state index contributed by atoms with van der Waals surface area (Å²) in [5.74, 6) is -2.02. The van der Waals surface area contributed by atoms with Crippen molar-refractivity contribution in [2.24, 2.45) is 20.3 Å². The minimum absolute atomic E-state index is 0.101. The van der Waals surface area contributed by atoms with Crippen LogP contribution in [0.3, 0.4) is 0 Å². The van der Waals surface area contributed by atoms with Gasteiger partial charge in [0.05, 0.1) is 11.8 Å². The molecular weight excluding hydrogens is 601 g/mol. The number of nitrogens with zero attached hydrogens (tertiary/aromatic N) is 2. The maximum Gasteiger partial charge on any atom is 0.167 e. The van der Waals surface area contributed by atoms with Crippen LogP contribution in [0.2, 0.25) is 0 Å². The van der Waals surface area contributed by atoms with Crippen LogP contribution in [0, 0.1) is 13.8 Å². The molecule has 0 aliphatic heterocycles. The molecule has 12 heteroatoms. The second-order valence-corrected chi connectivity index (χ2v) is 12.4. The molecule has 4 rings (SSSR count). The Morgan fingerprint density at radius 2 is 0.955 bits per heavy atom. The van der Waals surface area contributed by atoms with Crippen molar-refractivity contribution in [1.29, 1.82) is 0 Å². The summed E-state index contributed by atoms with van der Waals surface area (Å²) in [5, 5.41) is 80.8. The molecule has 4 aromatic rings. The largest absolute Gasteiger partial charge is 0.507 e. The van der Waals surface area contributed by atoms with Gasteiger partial charge in [-0.2, -0.15) is 0 Å². The molecule has 0 bridgehead atoms. The fraction of sp³-hybridized carbons (Fsp3) is 0.312. The molecule has 234 valence electrons. The van der Waals surface area contributed by atoms with Crippen LogP contribution in [0.5, 0.6) is 34.5 Å². The molecule has 10 nitrogen and oxygen atoms in total. The summed E-state index contributed by atoms with van der Waals surface area (Å²) >= 11 is 1.95. The number of phenolic OH excluding ortho intramolecular Hbond substituents is 6. The summed E-state index contributed by atoms with van der Waals surface area (Å²) in [6.45, 7) is 11.0. The lowest BCUT2D eigenvalue weighted by molar-refractivity contribution is 0.398. The van der Waals surface area contributed by atoms with Crippen LogP contribution in [0.1, 0.15) is 72.9 Å². The van der Waals surface area contributed by atoms with Crippen LogP contribution >= 0.6 is 23.9 Å². The summed E-state index contributed by atoms with van der Waals surface area (Å²) < 4.78 is 0. The van der Waals surface area contributed by atoms with Crippen molar-refractivity contribution >= 4 is 57.9 Å². The van der Waals surface area contributed by atoms with Gasteiger partial charge in [-0.3, -0.25) is 20.3 Å². The van der Waals surface area contributed by atoms with Gasteiger partial charge in [0.2, 0.25) is 0 Å². The Bertz CT molecular complexity index is 1700. The third-order valence-corrected chi connectivity index (χ3v) is 8.32. The number of aromatic hydroxyl groups is 6. The van der Waals surface area contributed by atoms with E-state index in [0.29, 0.717) is 33.0 Å². The second kappa shape index (κ2) is 13.0. The van der Waals surface area contributed by atoms with Gasteiger partial charge >= 0.3 is 0 Å². The van der Waals surface area contributed by atoms with E-state index in [9.17, 15) is 30.6 Å². The minimum atomic E-state index is -0.435. The van der Waals surface area contributed by atoms with E-state index in [4.69, 9.17) is 10.3 Å². The first-order valence-electron chi connectivity index (χ1n) is 13.9. The quantitative estimate of drug-likeness (QED) is 0.0553. The van der Waals surface area contributed by atoms with Crippen LogP contribution in [0.4, 0.5) is 0 Å². The number of fused-ring (bicyclic) bond motifs is 2. The van der Waals surface area contributed by atoms with Crippen LogP contribution in [-0.4, -0.2) is 54.8 Å². The maximum atomic E-state index is 12.0. The third kappa shape index (κ3) is 5.47. The third-order valence-electron chi connectivity index (χ3n) is 7.73. The molecule has 0 amide bonds. The Balaban J connectivity index is 2.24.